The third-order valence-corrected chi connectivity index (χ3v) is 1.79. The van der Waals surface area contributed by atoms with Crippen molar-refractivity contribution < 1.29 is 9.50 Å². The van der Waals surface area contributed by atoms with Gasteiger partial charge in [-0.05, 0) is 18.2 Å². The fourth-order valence-electron chi connectivity index (χ4n) is 1.10. The number of aromatic amines is 1. The van der Waals surface area contributed by atoms with Crippen molar-refractivity contribution in [3.63, 3.8) is 0 Å². The smallest absolute Gasteiger partial charge is 0.141 e. The van der Waals surface area contributed by atoms with Crippen LogP contribution in [0.15, 0.2) is 24.4 Å². The van der Waals surface area contributed by atoms with Crippen LogP contribution < -0.4 is 0 Å². The largest absolute Gasteiger partial charge is 0.390 e. The van der Waals surface area contributed by atoms with Gasteiger partial charge in [0, 0.05) is 0 Å². The van der Waals surface area contributed by atoms with Gasteiger partial charge in [-0.25, -0.2) is 4.39 Å². The molecule has 0 fully saturated rings. The van der Waals surface area contributed by atoms with Gasteiger partial charge in [-0.2, -0.15) is 5.10 Å². The maximum Gasteiger partial charge on any atom is 0.141 e. The molecule has 2 rings (SSSR count). The monoisotopic (exact) mass is 193 g/mol. The van der Waals surface area contributed by atoms with Crippen LogP contribution in [0, 0.1) is 5.82 Å². The Hall–Kier alpha value is -1.75. The number of aromatic nitrogens is 3. The summed E-state index contributed by atoms with van der Waals surface area (Å²) in [6.45, 7) is -0.103. The van der Waals surface area contributed by atoms with Gasteiger partial charge in [0.15, 0.2) is 0 Å². The lowest BCUT2D eigenvalue weighted by Gasteiger charge is -1.93. The Balaban J connectivity index is 2.34. The summed E-state index contributed by atoms with van der Waals surface area (Å²) in [7, 11) is 0. The van der Waals surface area contributed by atoms with Crippen LogP contribution in [0.3, 0.4) is 0 Å². The van der Waals surface area contributed by atoms with Crippen molar-refractivity contribution >= 4 is 0 Å². The van der Waals surface area contributed by atoms with E-state index in [9.17, 15) is 4.39 Å². The number of halogens is 1. The van der Waals surface area contributed by atoms with Gasteiger partial charge >= 0.3 is 0 Å². The first-order valence-corrected chi connectivity index (χ1v) is 4.06. The molecule has 0 saturated heterocycles. The van der Waals surface area contributed by atoms with Gasteiger partial charge in [-0.1, -0.05) is 0 Å². The summed E-state index contributed by atoms with van der Waals surface area (Å²) >= 11 is 0. The number of aliphatic hydroxyl groups excluding tert-OH is 1. The molecule has 0 aliphatic heterocycles. The van der Waals surface area contributed by atoms with E-state index in [1.165, 1.54) is 12.1 Å². The second kappa shape index (κ2) is 3.55. The Morgan fingerprint density at radius 1 is 1.36 bits per heavy atom. The maximum absolute atomic E-state index is 12.5. The molecule has 0 amide bonds. The summed E-state index contributed by atoms with van der Waals surface area (Å²) in [6.07, 6.45) is 1.13. The Kier molecular flexibility index (Phi) is 2.24. The highest BCUT2D eigenvalue weighted by molar-refractivity contribution is 5.53. The van der Waals surface area contributed by atoms with Crippen LogP contribution in [-0.4, -0.2) is 20.3 Å². The second-order valence-corrected chi connectivity index (χ2v) is 2.80. The maximum atomic E-state index is 12.5. The molecule has 0 aliphatic rings. The standard InChI is InChI=1S/C9H8FN3O/c10-6-1-2-8(11-4-6)9-3-7(5-14)12-13-9/h1-4,14H,5H2,(H,12,13). The third kappa shape index (κ3) is 1.62. The summed E-state index contributed by atoms with van der Waals surface area (Å²) in [5.41, 5.74) is 1.77. The SMILES string of the molecule is OCc1cc(-c2ccc(F)cn2)n[nH]1. The Bertz CT molecular complexity index is 424. The molecular weight excluding hydrogens is 185 g/mol. The Morgan fingerprint density at radius 3 is 2.79 bits per heavy atom. The summed E-state index contributed by atoms with van der Waals surface area (Å²) in [4.78, 5) is 3.86. The quantitative estimate of drug-likeness (QED) is 0.750. The molecule has 0 aliphatic carbocycles. The van der Waals surface area contributed by atoms with E-state index in [-0.39, 0.29) is 12.4 Å². The van der Waals surface area contributed by atoms with Crippen LogP contribution in [0.25, 0.3) is 11.4 Å². The normalized spacial score (nSPS) is 10.4. The van der Waals surface area contributed by atoms with Crippen molar-refractivity contribution in [3.05, 3.63) is 35.9 Å². The zero-order valence-electron chi connectivity index (χ0n) is 7.24. The molecule has 0 aromatic carbocycles. The van der Waals surface area contributed by atoms with Crippen LogP contribution >= 0.6 is 0 Å². The molecule has 0 radical (unpaired) electrons. The molecule has 2 heterocycles. The van der Waals surface area contributed by atoms with Gasteiger partial charge in [-0.15, -0.1) is 0 Å². The average molecular weight is 193 g/mol. The molecule has 5 heteroatoms. The minimum atomic E-state index is -0.383. The number of nitrogens with zero attached hydrogens (tertiary/aromatic N) is 2. The molecule has 2 aromatic rings. The number of pyridine rings is 1. The number of aliphatic hydroxyl groups is 1. The molecule has 4 nitrogen and oxygen atoms in total. The van der Waals surface area contributed by atoms with Crippen molar-refractivity contribution in [1.29, 1.82) is 0 Å². The number of H-pyrrole nitrogens is 1. The fourth-order valence-corrected chi connectivity index (χ4v) is 1.10. The molecule has 2 aromatic heterocycles. The second-order valence-electron chi connectivity index (χ2n) is 2.80. The van der Waals surface area contributed by atoms with E-state index in [0.29, 0.717) is 17.1 Å². The van der Waals surface area contributed by atoms with E-state index >= 15 is 0 Å². The Morgan fingerprint density at radius 2 is 2.21 bits per heavy atom. The van der Waals surface area contributed by atoms with Crippen LogP contribution in [0.5, 0.6) is 0 Å². The predicted molar refractivity (Wildman–Crippen MR) is 47.7 cm³/mol. The van der Waals surface area contributed by atoms with Crippen molar-refractivity contribution in [1.82, 2.24) is 15.2 Å². The zero-order chi connectivity index (χ0) is 9.97. The highest BCUT2D eigenvalue weighted by Gasteiger charge is 2.04. The minimum Gasteiger partial charge on any atom is -0.390 e. The first-order valence-electron chi connectivity index (χ1n) is 4.06. The van der Waals surface area contributed by atoms with E-state index in [4.69, 9.17) is 5.11 Å². The molecule has 0 spiro atoms. The first-order chi connectivity index (χ1) is 6.79. The molecule has 14 heavy (non-hydrogen) atoms. The zero-order valence-corrected chi connectivity index (χ0v) is 7.24. The van der Waals surface area contributed by atoms with Crippen LogP contribution in [0.2, 0.25) is 0 Å². The summed E-state index contributed by atoms with van der Waals surface area (Å²) in [5.74, 6) is -0.383. The lowest BCUT2D eigenvalue weighted by atomic mass is 10.2. The van der Waals surface area contributed by atoms with Crippen molar-refractivity contribution in [2.45, 2.75) is 6.61 Å². The van der Waals surface area contributed by atoms with Gasteiger partial charge in [0.2, 0.25) is 0 Å². The third-order valence-electron chi connectivity index (χ3n) is 1.79. The fraction of sp³-hybridized carbons (Fsp3) is 0.111. The van der Waals surface area contributed by atoms with E-state index < -0.39 is 0 Å². The molecular formula is C9H8FN3O. The van der Waals surface area contributed by atoms with Gasteiger partial charge in [0.05, 0.1) is 24.2 Å². The highest BCUT2D eigenvalue weighted by atomic mass is 19.1. The summed E-state index contributed by atoms with van der Waals surface area (Å²) < 4.78 is 12.5. The van der Waals surface area contributed by atoms with Gasteiger partial charge < -0.3 is 5.11 Å². The minimum absolute atomic E-state index is 0.103. The average Bonchev–Trinajstić information content (AvgIpc) is 2.67. The van der Waals surface area contributed by atoms with Crippen molar-refractivity contribution in [3.8, 4) is 11.4 Å². The first kappa shape index (κ1) is 8.83. The lowest BCUT2D eigenvalue weighted by Crippen LogP contribution is -1.84. The van der Waals surface area contributed by atoms with Crippen LogP contribution in [0.4, 0.5) is 4.39 Å². The van der Waals surface area contributed by atoms with E-state index in [0.717, 1.165) is 6.20 Å². The van der Waals surface area contributed by atoms with Gasteiger partial charge in [-0.3, -0.25) is 10.1 Å². The molecule has 0 unspecified atom stereocenters. The van der Waals surface area contributed by atoms with E-state index in [1.54, 1.807) is 6.07 Å². The summed E-state index contributed by atoms with van der Waals surface area (Å²) in [6, 6.07) is 4.52. The van der Waals surface area contributed by atoms with Crippen molar-refractivity contribution in [2.24, 2.45) is 0 Å². The molecule has 0 saturated carbocycles. The highest BCUT2D eigenvalue weighted by Crippen LogP contribution is 2.14. The topological polar surface area (TPSA) is 61.8 Å². The van der Waals surface area contributed by atoms with E-state index in [2.05, 4.69) is 15.2 Å². The van der Waals surface area contributed by atoms with Crippen molar-refractivity contribution in [2.75, 3.05) is 0 Å². The van der Waals surface area contributed by atoms with Gasteiger partial charge in [0.1, 0.15) is 11.5 Å². The Labute approximate surface area is 79.4 Å². The molecule has 0 bridgehead atoms. The summed E-state index contributed by atoms with van der Waals surface area (Å²) in [5, 5.41) is 15.3. The number of hydrogen-bond donors (Lipinski definition) is 2. The number of nitrogens with one attached hydrogen (secondary N) is 1. The number of hydrogen-bond acceptors (Lipinski definition) is 3. The molecule has 0 atom stereocenters. The number of rotatable bonds is 2. The molecule has 72 valence electrons. The lowest BCUT2D eigenvalue weighted by molar-refractivity contribution is 0.276. The molecule has 2 N–H and O–H groups in total. The van der Waals surface area contributed by atoms with Crippen LogP contribution in [0.1, 0.15) is 5.69 Å². The van der Waals surface area contributed by atoms with Crippen LogP contribution in [-0.2, 0) is 6.61 Å². The predicted octanol–water partition coefficient (Wildman–Crippen LogP) is 1.10. The van der Waals surface area contributed by atoms with E-state index in [1.807, 2.05) is 0 Å². The van der Waals surface area contributed by atoms with Gasteiger partial charge in [0.25, 0.3) is 0 Å².